The molecule has 2 N–H and O–H groups in total. The quantitative estimate of drug-likeness (QED) is 0.751. The molecule has 3 unspecified atom stereocenters. The molecule has 172 valence electrons. The summed E-state index contributed by atoms with van der Waals surface area (Å²) < 4.78 is 5.49. The van der Waals surface area contributed by atoms with Gasteiger partial charge in [-0.15, -0.1) is 0 Å². The molecule has 0 aromatic heterocycles. The highest BCUT2D eigenvalue weighted by atomic mass is 16.6. The van der Waals surface area contributed by atoms with Gasteiger partial charge in [-0.3, -0.25) is 4.79 Å². The number of benzene rings is 1. The zero-order valence-corrected chi connectivity index (χ0v) is 20.0. The Hall–Kier alpha value is -2.08. The first kappa shape index (κ1) is 23.6. The maximum absolute atomic E-state index is 13.5. The van der Waals surface area contributed by atoms with Crippen LogP contribution >= 0.6 is 0 Å². The van der Waals surface area contributed by atoms with Crippen molar-refractivity contribution in [2.75, 3.05) is 19.6 Å². The zero-order valence-electron chi connectivity index (χ0n) is 20.0. The molecule has 6 heteroatoms. The van der Waals surface area contributed by atoms with E-state index < -0.39 is 17.2 Å². The van der Waals surface area contributed by atoms with E-state index in [0.29, 0.717) is 24.7 Å². The van der Waals surface area contributed by atoms with Crippen LogP contribution in [0.25, 0.3) is 0 Å². The van der Waals surface area contributed by atoms with Crippen molar-refractivity contribution < 1.29 is 14.3 Å². The molecular formula is C25H39N3O3. The number of carbonyl (C=O) groups is 2. The summed E-state index contributed by atoms with van der Waals surface area (Å²) in [6, 6.07) is 8.00. The van der Waals surface area contributed by atoms with Crippen molar-refractivity contribution in [2.24, 2.45) is 11.8 Å². The summed E-state index contributed by atoms with van der Waals surface area (Å²) in [5.74, 6) is 1.22. The van der Waals surface area contributed by atoms with Crippen molar-refractivity contribution in [3.8, 4) is 0 Å². The molecule has 0 bridgehead atoms. The van der Waals surface area contributed by atoms with Crippen LogP contribution in [0.3, 0.4) is 0 Å². The molecule has 2 amide bonds. The van der Waals surface area contributed by atoms with Gasteiger partial charge in [0.15, 0.2) is 0 Å². The van der Waals surface area contributed by atoms with E-state index in [4.69, 9.17) is 4.74 Å². The Bertz CT molecular complexity index is 766. The highest BCUT2D eigenvalue weighted by Gasteiger charge is 2.46. The fraction of sp³-hybridized carbons (Fsp3) is 0.680. The van der Waals surface area contributed by atoms with Gasteiger partial charge in [0.2, 0.25) is 5.91 Å². The van der Waals surface area contributed by atoms with E-state index in [1.54, 1.807) is 0 Å². The lowest BCUT2D eigenvalue weighted by Crippen LogP contribution is -2.62. The number of ether oxygens (including phenoxy) is 1. The van der Waals surface area contributed by atoms with E-state index in [0.717, 1.165) is 30.8 Å². The highest BCUT2D eigenvalue weighted by molar-refractivity contribution is 5.92. The average Bonchev–Trinajstić information content (AvgIpc) is 2.98. The smallest absolute Gasteiger partial charge is 0.408 e. The van der Waals surface area contributed by atoms with Gasteiger partial charge in [-0.1, -0.05) is 38.1 Å². The molecule has 1 aliphatic heterocycles. The summed E-state index contributed by atoms with van der Waals surface area (Å²) in [6.45, 7) is 15.1. The predicted molar refractivity (Wildman–Crippen MR) is 123 cm³/mol. The van der Waals surface area contributed by atoms with Gasteiger partial charge < -0.3 is 20.3 Å². The lowest BCUT2D eigenvalue weighted by Gasteiger charge is -2.37. The van der Waals surface area contributed by atoms with Gasteiger partial charge in [-0.25, -0.2) is 4.79 Å². The molecule has 0 spiro atoms. The van der Waals surface area contributed by atoms with Crippen molar-refractivity contribution >= 4 is 12.0 Å². The van der Waals surface area contributed by atoms with E-state index in [9.17, 15) is 9.59 Å². The maximum atomic E-state index is 13.5. The van der Waals surface area contributed by atoms with Gasteiger partial charge in [0, 0.05) is 38.5 Å². The van der Waals surface area contributed by atoms with Crippen molar-refractivity contribution in [1.82, 2.24) is 15.5 Å². The zero-order chi connectivity index (χ0) is 22.8. The third kappa shape index (κ3) is 6.22. The summed E-state index contributed by atoms with van der Waals surface area (Å²) in [5, 5.41) is 6.12. The third-order valence-electron chi connectivity index (χ3n) is 6.13. The molecule has 3 atom stereocenters. The first-order chi connectivity index (χ1) is 14.5. The predicted octanol–water partition coefficient (Wildman–Crippen LogP) is 3.53. The van der Waals surface area contributed by atoms with Crippen molar-refractivity contribution in [3.05, 3.63) is 35.4 Å². The van der Waals surface area contributed by atoms with Crippen molar-refractivity contribution in [3.63, 3.8) is 0 Å². The van der Waals surface area contributed by atoms with Crippen LogP contribution in [0.4, 0.5) is 4.79 Å². The van der Waals surface area contributed by atoms with Crippen molar-refractivity contribution in [1.29, 1.82) is 0 Å². The van der Waals surface area contributed by atoms with Crippen LogP contribution in [0.5, 0.6) is 0 Å². The summed E-state index contributed by atoms with van der Waals surface area (Å²) in [7, 11) is 0. The highest BCUT2D eigenvalue weighted by Crippen LogP contribution is 2.31. The number of nitrogens with one attached hydrogen (secondary N) is 2. The molecule has 2 aliphatic rings. The number of carbonyl (C=O) groups excluding carboxylic acids is 2. The Kier molecular flexibility index (Phi) is 6.99. The number of nitrogens with zero attached hydrogens (tertiary/aromatic N) is 1. The molecular weight excluding hydrogens is 390 g/mol. The second-order valence-corrected chi connectivity index (χ2v) is 10.9. The molecule has 0 radical (unpaired) electrons. The van der Waals surface area contributed by atoms with Crippen LogP contribution in [-0.4, -0.2) is 53.7 Å². The minimum absolute atomic E-state index is 0.00831. The first-order valence-corrected chi connectivity index (χ1v) is 11.6. The number of alkyl carbamates (subject to hydrolysis) is 1. The van der Waals surface area contributed by atoms with Gasteiger partial charge in [0.1, 0.15) is 11.1 Å². The second-order valence-electron chi connectivity index (χ2n) is 10.9. The fourth-order valence-electron chi connectivity index (χ4n) is 5.16. The van der Waals surface area contributed by atoms with Crippen LogP contribution in [0.2, 0.25) is 0 Å². The summed E-state index contributed by atoms with van der Waals surface area (Å²) in [6.07, 6.45) is 1.65. The number of amides is 2. The molecule has 1 saturated heterocycles. The minimum atomic E-state index is -1.03. The van der Waals surface area contributed by atoms with E-state index in [1.165, 1.54) is 6.42 Å². The van der Waals surface area contributed by atoms with Crippen LogP contribution in [0, 0.1) is 11.8 Å². The van der Waals surface area contributed by atoms with E-state index in [2.05, 4.69) is 29.4 Å². The summed E-state index contributed by atoms with van der Waals surface area (Å²) in [5.41, 5.74) is 0.547. The summed E-state index contributed by atoms with van der Waals surface area (Å²) >= 11 is 0. The SMILES string of the molecule is CC1CC(C)CN(CC(C)NC(=O)C2(NC(=O)OC(C)(C)C)Cc3ccccc3C2)C1. The molecule has 1 aromatic carbocycles. The van der Waals surface area contributed by atoms with E-state index in [1.807, 2.05) is 52.0 Å². The number of hydrogen-bond acceptors (Lipinski definition) is 4. The Morgan fingerprint density at radius 1 is 1.13 bits per heavy atom. The second kappa shape index (κ2) is 9.19. The molecule has 1 fully saturated rings. The number of rotatable bonds is 5. The number of hydrogen-bond donors (Lipinski definition) is 2. The van der Waals surface area contributed by atoms with Crippen molar-refractivity contribution in [2.45, 2.75) is 78.0 Å². The monoisotopic (exact) mass is 429 g/mol. The Balaban J connectivity index is 1.70. The van der Waals surface area contributed by atoms with Gasteiger partial charge >= 0.3 is 6.09 Å². The van der Waals surface area contributed by atoms with Crippen LogP contribution in [0.1, 0.15) is 59.1 Å². The molecule has 1 aliphatic carbocycles. The number of fused-ring (bicyclic) bond motifs is 1. The Morgan fingerprint density at radius 3 is 2.19 bits per heavy atom. The van der Waals surface area contributed by atoms with Crippen LogP contribution in [0.15, 0.2) is 24.3 Å². The first-order valence-electron chi connectivity index (χ1n) is 11.6. The minimum Gasteiger partial charge on any atom is -0.444 e. The maximum Gasteiger partial charge on any atom is 0.408 e. The number of piperidine rings is 1. The normalized spacial score (nSPS) is 24.2. The number of likely N-dealkylation sites (tertiary alicyclic amines) is 1. The lowest BCUT2D eigenvalue weighted by atomic mass is 9.91. The Morgan fingerprint density at radius 2 is 1.68 bits per heavy atom. The third-order valence-corrected chi connectivity index (χ3v) is 6.13. The van der Waals surface area contributed by atoms with Gasteiger partial charge in [0.05, 0.1) is 0 Å². The topological polar surface area (TPSA) is 70.7 Å². The lowest BCUT2D eigenvalue weighted by molar-refractivity contribution is -0.128. The van der Waals surface area contributed by atoms with Gasteiger partial charge in [-0.05, 0) is 57.1 Å². The molecule has 1 aromatic rings. The van der Waals surface area contributed by atoms with E-state index in [-0.39, 0.29) is 11.9 Å². The summed E-state index contributed by atoms with van der Waals surface area (Å²) in [4.78, 5) is 28.6. The molecule has 31 heavy (non-hydrogen) atoms. The van der Waals surface area contributed by atoms with Crippen LogP contribution in [-0.2, 0) is 22.4 Å². The van der Waals surface area contributed by atoms with Crippen LogP contribution < -0.4 is 10.6 Å². The van der Waals surface area contributed by atoms with E-state index >= 15 is 0 Å². The van der Waals surface area contributed by atoms with Gasteiger partial charge in [-0.2, -0.15) is 0 Å². The Labute approximate surface area is 187 Å². The largest absolute Gasteiger partial charge is 0.444 e. The molecule has 3 rings (SSSR count). The standard InChI is InChI=1S/C25H39N3O3/c1-17-11-18(2)15-28(14-17)16-19(3)26-22(29)25(27-23(30)31-24(4,5)6)12-20-9-7-8-10-21(20)13-25/h7-10,17-19H,11-16H2,1-6H3,(H,26,29)(H,27,30). The average molecular weight is 430 g/mol. The molecule has 6 nitrogen and oxygen atoms in total. The fourth-order valence-corrected chi connectivity index (χ4v) is 5.16. The van der Waals surface area contributed by atoms with Gasteiger partial charge in [0.25, 0.3) is 0 Å². The molecule has 1 heterocycles. The molecule has 0 saturated carbocycles.